The van der Waals surface area contributed by atoms with Crippen LogP contribution in [0.15, 0.2) is 42.5 Å². The Labute approximate surface area is 167 Å². The SMILES string of the molecule is O=C(/C=C/c1cc(Cl)c2c(c1)OCO2)OCC(=O)N1CCCc2ccccc21. The highest BCUT2D eigenvalue weighted by molar-refractivity contribution is 6.32. The lowest BCUT2D eigenvalue weighted by molar-refractivity contribution is -0.142. The van der Waals surface area contributed by atoms with Crippen molar-refractivity contribution in [3.8, 4) is 11.5 Å². The fourth-order valence-corrected chi connectivity index (χ4v) is 3.57. The average molecular weight is 400 g/mol. The van der Waals surface area contributed by atoms with Crippen molar-refractivity contribution >= 4 is 35.2 Å². The van der Waals surface area contributed by atoms with Gasteiger partial charge in [-0.3, -0.25) is 4.79 Å². The molecule has 0 aromatic heterocycles. The van der Waals surface area contributed by atoms with Crippen molar-refractivity contribution in [3.05, 3.63) is 58.6 Å². The molecule has 2 aromatic carbocycles. The normalized spacial score (nSPS) is 14.8. The van der Waals surface area contributed by atoms with Crippen molar-refractivity contribution in [2.24, 2.45) is 0 Å². The first kappa shape index (κ1) is 18.4. The van der Waals surface area contributed by atoms with E-state index in [1.165, 1.54) is 6.08 Å². The molecule has 1 amide bonds. The lowest BCUT2D eigenvalue weighted by atomic mass is 10.0. The van der Waals surface area contributed by atoms with E-state index < -0.39 is 5.97 Å². The summed E-state index contributed by atoms with van der Waals surface area (Å²) in [6, 6.07) is 11.2. The number of benzene rings is 2. The van der Waals surface area contributed by atoms with Crippen LogP contribution in [0, 0.1) is 0 Å². The predicted octanol–water partition coefficient (Wildman–Crippen LogP) is 3.60. The number of ether oxygens (including phenoxy) is 3. The number of fused-ring (bicyclic) bond motifs is 2. The molecule has 28 heavy (non-hydrogen) atoms. The second kappa shape index (κ2) is 7.94. The molecule has 2 heterocycles. The van der Waals surface area contributed by atoms with Gasteiger partial charge in [0.2, 0.25) is 6.79 Å². The standard InChI is InChI=1S/C21H18ClNO5/c22-16-10-14(11-18-21(16)28-13-27-18)7-8-20(25)26-12-19(24)23-9-3-5-15-4-1-2-6-17(15)23/h1-2,4,6-8,10-11H,3,5,9,12-13H2/b8-7+. The van der Waals surface area contributed by atoms with Crippen LogP contribution in [0.2, 0.25) is 5.02 Å². The predicted molar refractivity (Wildman–Crippen MR) is 105 cm³/mol. The van der Waals surface area contributed by atoms with Gasteiger partial charge < -0.3 is 19.1 Å². The zero-order valence-electron chi connectivity index (χ0n) is 15.0. The number of aryl methyl sites for hydroxylation is 1. The van der Waals surface area contributed by atoms with Gasteiger partial charge in [0.05, 0.1) is 5.02 Å². The van der Waals surface area contributed by atoms with Gasteiger partial charge in [-0.1, -0.05) is 29.8 Å². The number of amides is 1. The average Bonchev–Trinajstić information content (AvgIpc) is 3.19. The summed E-state index contributed by atoms with van der Waals surface area (Å²) in [4.78, 5) is 26.2. The second-order valence-electron chi connectivity index (χ2n) is 6.46. The maximum absolute atomic E-state index is 12.5. The Balaban J connectivity index is 1.36. The van der Waals surface area contributed by atoms with Crippen LogP contribution in [-0.4, -0.2) is 31.8 Å². The molecule has 0 bridgehead atoms. The number of rotatable bonds is 4. The fourth-order valence-electron chi connectivity index (χ4n) is 3.30. The van der Waals surface area contributed by atoms with E-state index >= 15 is 0 Å². The summed E-state index contributed by atoms with van der Waals surface area (Å²) in [5.41, 5.74) is 2.69. The molecule has 0 spiro atoms. The molecule has 4 rings (SSSR count). The van der Waals surface area contributed by atoms with E-state index in [1.807, 2.05) is 24.3 Å². The maximum atomic E-state index is 12.5. The molecule has 0 aliphatic carbocycles. The first-order chi connectivity index (χ1) is 13.6. The highest BCUT2D eigenvalue weighted by Gasteiger charge is 2.23. The zero-order chi connectivity index (χ0) is 19.5. The first-order valence-electron chi connectivity index (χ1n) is 8.94. The van der Waals surface area contributed by atoms with E-state index in [9.17, 15) is 9.59 Å². The topological polar surface area (TPSA) is 65.1 Å². The van der Waals surface area contributed by atoms with E-state index in [4.69, 9.17) is 25.8 Å². The summed E-state index contributed by atoms with van der Waals surface area (Å²) >= 11 is 6.11. The molecule has 0 radical (unpaired) electrons. The lowest BCUT2D eigenvalue weighted by Gasteiger charge is -2.29. The monoisotopic (exact) mass is 399 g/mol. The van der Waals surface area contributed by atoms with Crippen LogP contribution in [0.3, 0.4) is 0 Å². The number of esters is 1. The van der Waals surface area contributed by atoms with Crippen LogP contribution >= 0.6 is 11.6 Å². The molecular formula is C21H18ClNO5. The van der Waals surface area contributed by atoms with E-state index in [0.29, 0.717) is 28.6 Å². The van der Waals surface area contributed by atoms with E-state index in [2.05, 4.69) is 0 Å². The third kappa shape index (κ3) is 3.82. The van der Waals surface area contributed by atoms with E-state index in [-0.39, 0.29) is 19.3 Å². The molecule has 2 aliphatic heterocycles. The Hall–Kier alpha value is -2.99. The van der Waals surface area contributed by atoms with Crippen LogP contribution in [0.5, 0.6) is 11.5 Å². The van der Waals surface area contributed by atoms with Crippen molar-refractivity contribution in [3.63, 3.8) is 0 Å². The minimum Gasteiger partial charge on any atom is -0.454 e. The largest absolute Gasteiger partial charge is 0.454 e. The Morgan fingerprint density at radius 2 is 2.07 bits per heavy atom. The number of anilines is 1. The van der Waals surface area contributed by atoms with Crippen molar-refractivity contribution < 1.29 is 23.8 Å². The second-order valence-corrected chi connectivity index (χ2v) is 6.86. The smallest absolute Gasteiger partial charge is 0.331 e. The molecule has 0 atom stereocenters. The van der Waals surface area contributed by atoms with Crippen molar-refractivity contribution in [2.45, 2.75) is 12.8 Å². The summed E-state index contributed by atoms with van der Waals surface area (Å²) in [6.07, 6.45) is 4.64. The number of halogens is 1. The van der Waals surface area contributed by atoms with Crippen LogP contribution < -0.4 is 14.4 Å². The van der Waals surface area contributed by atoms with Crippen LogP contribution in [0.4, 0.5) is 5.69 Å². The van der Waals surface area contributed by atoms with Crippen LogP contribution in [0.1, 0.15) is 17.5 Å². The van der Waals surface area contributed by atoms with Gasteiger partial charge >= 0.3 is 5.97 Å². The van der Waals surface area contributed by atoms with Crippen LogP contribution in [0.25, 0.3) is 6.08 Å². The molecule has 7 heteroatoms. The van der Waals surface area contributed by atoms with Gasteiger partial charge in [-0.2, -0.15) is 0 Å². The van der Waals surface area contributed by atoms with Gasteiger partial charge in [-0.05, 0) is 48.2 Å². The minimum atomic E-state index is -0.604. The molecule has 0 unspecified atom stereocenters. The number of para-hydroxylation sites is 1. The maximum Gasteiger partial charge on any atom is 0.331 e. The molecule has 2 aromatic rings. The molecule has 144 valence electrons. The van der Waals surface area contributed by atoms with Gasteiger partial charge in [0.25, 0.3) is 5.91 Å². The minimum absolute atomic E-state index is 0.117. The Morgan fingerprint density at radius 3 is 2.96 bits per heavy atom. The van der Waals surface area contributed by atoms with Gasteiger partial charge in [0, 0.05) is 18.3 Å². The number of carbonyl (C=O) groups is 2. The Morgan fingerprint density at radius 1 is 1.21 bits per heavy atom. The van der Waals surface area contributed by atoms with E-state index in [0.717, 1.165) is 24.1 Å². The van der Waals surface area contributed by atoms with Crippen LogP contribution in [-0.2, 0) is 20.7 Å². The third-order valence-corrected chi connectivity index (χ3v) is 4.89. The molecule has 0 saturated heterocycles. The Bertz CT molecular complexity index is 956. The number of hydrogen-bond donors (Lipinski definition) is 0. The molecule has 2 aliphatic rings. The number of hydrogen-bond acceptors (Lipinski definition) is 5. The van der Waals surface area contributed by atoms with Gasteiger partial charge in [0.15, 0.2) is 18.1 Å². The first-order valence-corrected chi connectivity index (χ1v) is 9.32. The van der Waals surface area contributed by atoms with Gasteiger partial charge in [0.1, 0.15) is 0 Å². The lowest BCUT2D eigenvalue weighted by Crippen LogP contribution is -2.38. The Kier molecular flexibility index (Phi) is 5.21. The molecule has 6 nitrogen and oxygen atoms in total. The highest BCUT2D eigenvalue weighted by atomic mass is 35.5. The van der Waals surface area contributed by atoms with Crippen molar-refractivity contribution in [2.75, 3.05) is 24.8 Å². The third-order valence-electron chi connectivity index (χ3n) is 4.61. The quantitative estimate of drug-likeness (QED) is 0.580. The summed E-state index contributed by atoms with van der Waals surface area (Å²) in [5.74, 6) is 0.181. The zero-order valence-corrected chi connectivity index (χ0v) is 15.8. The molecule has 0 N–H and O–H groups in total. The molecule has 0 saturated carbocycles. The molecular weight excluding hydrogens is 382 g/mol. The van der Waals surface area contributed by atoms with Gasteiger partial charge in [-0.15, -0.1) is 0 Å². The summed E-state index contributed by atoms with van der Waals surface area (Å²) in [5, 5.41) is 0.405. The van der Waals surface area contributed by atoms with E-state index in [1.54, 1.807) is 23.1 Å². The summed E-state index contributed by atoms with van der Waals surface area (Å²) < 4.78 is 15.7. The fraction of sp³-hybridized carbons (Fsp3) is 0.238. The van der Waals surface area contributed by atoms with Crippen molar-refractivity contribution in [1.29, 1.82) is 0 Å². The van der Waals surface area contributed by atoms with Crippen molar-refractivity contribution in [1.82, 2.24) is 0 Å². The number of nitrogens with zero attached hydrogens (tertiary/aromatic N) is 1. The molecule has 0 fully saturated rings. The van der Waals surface area contributed by atoms with Gasteiger partial charge in [-0.25, -0.2) is 4.79 Å². The summed E-state index contributed by atoms with van der Waals surface area (Å²) in [7, 11) is 0. The summed E-state index contributed by atoms with van der Waals surface area (Å²) in [6.45, 7) is 0.435. The number of carbonyl (C=O) groups excluding carboxylic acids is 2. The highest BCUT2D eigenvalue weighted by Crippen LogP contribution is 2.40.